The fourth-order valence-electron chi connectivity index (χ4n) is 2.06. The van der Waals surface area contributed by atoms with Gasteiger partial charge in [-0.15, -0.1) is 0 Å². The second kappa shape index (κ2) is 7.79. The molecular weight excluding hydrogens is 326 g/mol. The monoisotopic (exact) mass is 345 g/mol. The molecule has 2 aromatic rings. The number of nitrogens with zero attached hydrogens (tertiary/aromatic N) is 1. The van der Waals surface area contributed by atoms with Gasteiger partial charge in [-0.3, -0.25) is 0 Å². The van der Waals surface area contributed by atoms with Crippen LogP contribution in [-0.4, -0.2) is 32.5 Å². The van der Waals surface area contributed by atoms with E-state index in [9.17, 15) is 13.2 Å². The minimum Gasteiger partial charge on any atom is -0.452 e. The summed E-state index contributed by atoms with van der Waals surface area (Å²) >= 11 is 0. The Bertz CT molecular complexity index is 812. The van der Waals surface area contributed by atoms with Crippen molar-refractivity contribution >= 4 is 22.2 Å². The Balaban J connectivity index is 2.26. The summed E-state index contributed by atoms with van der Waals surface area (Å²) in [6.45, 7) is 1.74. The fraction of sp³-hybridized carbons (Fsp3) is 0.167. The van der Waals surface area contributed by atoms with Crippen molar-refractivity contribution in [2.24, 2.45) is 0 Å². The fourth-order valence-corrected chi connectivity index (χ4v) is 3.35. The minimum absolute atomic E-state index is 0.0478. The maximum Gasteiger partial charge on any atom is 0.423 e. The van der Waals surface area contributed by atoms with E-state index in [0.717, 1.165) is 18.2 Å². The molecule has 0 heterocycles. The zero-order chi connectivity index (χ0) is 17.6. The number of benzene rings is 2. The number of carbonyl (C=O) groups is 1. The van der Waals surface area contributed by atoms with Crippen LogP contribution < -0.4 is 0 Å². The summed E-state index contributed by atoms with van der Waals surface area (Å²) in [5.74, 6) is 0. The number of carbonyl (C=O) groups excluding carboxylic acids is 1. The lowest BCUT2D eigenvalue weighted by Gasteiger charge is -2.19. The predicted molar refractivity (Wildman–Crippen MR) is 93.0 cm³/mol. The smallest absolute Gasteiger partial charge is 0.423 e. The molecular formula is C18H19NO4S. The van der Waals surface area contributed by atoms with Gasteiger partial charge in [-0.25, -0.2) is 13.2 Å². The number of aryl methyl sites for hydroxylation is 1. The molecule has 0 aliphatic rings. The molecule has 126 valence electrons. The number of hydrogen-bond donors (Lipinski definition) is 0. The third-order valence-electron chi connectivity index (χ3n) is 3.37. The molecule has 0 aliphatic carbocycles. The van der Waals surface area contributed by atoms with E-state index < -0.39 is 16.1 Å². The average molecular weight is 345 g/mol. The average Bonchev–Trinajstić information content (AvgIpc) is 2.59. The van der Waals surface area contributed by atoms with Crippen molar-refractivity contribution in [2.75, 3.05) is 13.7 Å². The summed E-state index contributed by atoms with van der Waals surface area (Å²) in [6.07, 6.45) is 2.44. The zero-order valence-electron chi connectivity index (χ0n) is 13.5. The third kappa shape index (κ3) is 4.23. The van der Waals surface area contributed by atoms with E-state index in [1.807, 2.05) is 37.3 Å². The topological polar surface area (TPSA) is 63.7 Å². The zero-order valence-corrected chi connectivity index (χ0v) is 14.4. The first kappa shape index (κ1) is 17.7. The van der Waals surface area contributed by atoms with Crippen LogP contribution in [0.4, 0.5) is 4.79 Å². The lowest BCUT2D eigenvalue weighted by molar-refractivity contribution is 0.151. The van der Waals surface area contributed by atoms with Gasteiger partial charge in [-0.2, -0.15) is 4.31 Å². The molecule has 0 spiro atoms. The van der Waals surface area contributed by atoms with Crippen molar-refractivity contribution in [3.05, 3.63) is 71.8 Å². The Morgan fingerprint density at radius 1 is 1.08 bits per heavy atom. The molecule has 1 amide bonds. The van der Waals surface area contributed by atoms with Crippen LogP contribution in [0.25, 0.3) is 6.08 Å². The molecule has 0 fully saturated rings. The highest BCUT2D eigenvalue weighted by molar-refractivity contribution is 7.89. The van der Waals surface area contributed by atoms with Gasteiger partial charge in [0.15, 0.2) is 0 Å². The normalized spacial score (nSPS) is 11.4. The first-order chi connectivity index (χ1) is 11.4. The molecule has 0 saturated heterocycles. The van der Waals surface area contributed by atoms with Crippen molar-refractivity contribution in [3.8, 4) is 0 Å². The van der Waals surface area contributed by atoms with Gasteiger partial charge in [0, 0.05) is 0 Å². The number of hydrogen-bond acceptors (Lipinski definition) is 4. The van der Waals surface area contributed by atoms with Crippen LogP contribution in [0.5, 0.6) is 0 Å². The summed E-state index contributed by atoms with van der Waals surface area (Å²) in [5.41, 5.74) is 1.84. The van der Waals surface area contributed by atoms with Gasteiger partial charge in [0.2, 0.25) is 0 Å². The number of methoxy groups -OCH3 is 1. The Morgan fingerprint density at radius 2 is 1.71 bits per heavy atom. The Morgan fingerprint density at radius 3 is 2.29 bits per heavy atom. The van der Waals surface area contributed by atoms with Crippen LogP contribution in [-0.2, 0) is 14.8 Å². The van der Waals surface area contributed by atoms with E-state index in [2.05, 4.69) is 4.74 Å². The second-order valence-corrected chi connectivity index (χ2v) is 6.99. The van der Waals surface area contributed by atoms with Gasteiger partial charge in [0.25, 0.3) is 10.0 Å². The first-order valence-electron chi connectivity index (χ1n) is 7.34. The van der Waals surface area contributed by atoms with E-state index in [1.165, 1.54) is 12.1 Å². The van der Waals surface area contributed by atoms with Crippen LogP contribution in [0.2, 0.25) is 0 Å². The molecule has 0 radical (unpaired) electrons. The van der Waals surface area contributed by atoms with Gasteiger partial charge in [0.05, 0.1) is 18.6 Å². The lowest BCUT2D eigenvalue weighted by Crippen LogP contribution is -2.37. The molecule has 0 bridgehead atoms. The molecule has 0 unspecified atom stereocenters. The SMILES string of the molecule is COC(=O)N(C/C=C/c1ccccc1)S(=O)(=O)c1ccc(C)cc1. The quantitative estimate of drug-likeness (QED) is 0.832. The van der Waals surface area contributed by atoms with Gasteiger partial charge in [-0.05, 0) is 24.6 Å². The highest BCUT2D eigenvalue weighted by Gasteiger charge is 2.29. The molecule has 0 saturated carbocycles. The maximum atomic E-state index is 12.7. The van der Waals surface area contributed by atoms with E-state index in [0.29, 0.717) is 4.31 Å². The minimum atomic E-state index is -3.98. The summed E-state index contributed by atoms with van der Waals surface area (Å²) in [5, 5.41) is 0. The largest absolute Gasteiger partial charge is 0.452 e. The van der Waals surface area contributed by atoms with Crippen LogP contribution in [0.15, 0.2) is 65.6 Å². The Hall–Kier alpha value is -2.60. The first-order valence-corrected chi connectivity index (χ1v) is 8.78. The van der Waals surface area contributed by atoms with Crippen LogP contribution in [0.1, 0.15) is 11.1 Å². The van der Waals surface area contributed by atoms with E-state index in [1.54, 1.807) is 24.3 Å². The van der Waals surface area contributed by atoms with Gasteiger partial charge < -0.3 is 4.74 Å². The van der Waals surface area contributed by atoms with Crippen molar-refractivity contribution in [3.63, 3.8) is 0 Å². The Labute approximate surface area is 142 Å². The van der Waals surface area contributed by atoms with E-state index in [4.69, 9.17) is 0 Å². The van der Waals surface area contributed by atoms with E-state index in [-0.39, 0.29) is 11.4 Å². The highest BCUT2D eigenvalue weighted by Crippen LogP contribution is 2.17. The molecule has 2 rings (SSSR count). The van der Waals surface area contributed by atoms with Gasteiger partial charge in [0.1, 0.15) is 0 Å². The van der Waals surface area contributed by atoms with E-state index >= 15 is 0 Å². The molecule has 0 aromatic heterocycles. The summed E-state index contributed by atoms with van der Waals surface area (Å²) in [4.78, 5) is 12.0. The van der Waals surface area contributed by atoms with Crippen LogP contribution in [0.3, 0.4) is 0 Å². The highest BCUT2D eigenvalue weighted by atomic mass is 32.2. The molecule has 6 heteroatoms. The Kier molecular flexibility index (Phi) is 5.76. The van der Waals surface area contributed by atoms with Crippen LogP contribution >= 0.6 is 0 Å². The van der Waals surface area contributed by atoms with Gasteiger partial charge in [-0.1, -0.05) is 60.2 Å². The van der Waals surface area contributed by atoms with Crippen molar-refractivity contribution in [1.82, 2.24) is 4.31 Å². The summed E-state index contributed by atoms with van der Waals surface area (Å²) in [6, 6.07) is 15.7. The standard InChI is InChI=1S/C18H19NO4S/c1-15-10-12-17(13-11-15)24(21,22)19(18(20)23-2)14-6-9-16-7-4-3-5-8-16/h3-13H,14H2,1-2H3/b9-6+. The van der Waals surface area contributed by atoms with Crippen LogP contribution in [0, 0.1) is 6.92 Å². The van der Waals surface area contributed by atoms with Crippen molar-refractivity contribution in [2.45, 2.75) is 11.8 Å². The summed E-state index contributed by atoms with van der Waals surface area (Å²) < 4.78 is 30.7. The molecule has 0 aliphatic heterocycles. The van der Waals surface area contributed by atoms with Crippen molar-refractivity contribution < 1.29 is 17.9 Å². The summed E-state index contributed by atoms with van der Waals surface area (Å²) in [7, 11) is -2.82. The molecule has 24 heavy (non-hydrogen) atoms. The molecule has 2 aromatic carbocycles. The number of ether oxygens (including phenoxy) is 1. The number of amides is 1. The van der Waals surface area contributed by atoms with Gasteiger partial charge >= 0.3 is 6.09 Å². The van der Waals surface area contributed by atoms with Crippen molar-refractivity contribution in [1.29, 1.82) is 0 Å². The second-order valence-electron chi connectivity index (χ2n) is 5.13. The predicted octanol–water partition coefficient (Wildman–Crippen LogP) is 3.47. The lowest BCUT2D eigenvalue weighted by atomic mass is 10.2. The molecule has 5 nitrogen and oxygen atoms in total. The molecule has 0 atom stereocenters. The molecule has 0 N–H and O–H groups in total. The maximum absolute atomic E-state index is 12.7. The number of sulfonamides is 1. The number of rotatable bonds is 5. The third-order valence-corrected chi connectivity index (χ3v) is 5.11.